The molecule has 8 nitrogen and oxygen atoms in total. The molecule has 9 heteroatoms. The third kappa shape index (κ3) is 4.86. The first-order valence-electron chi connectivity index (χ1n) is 10.2. The Labute approximate surface area is 190 Å². The van der Waals surface area contributed by atoms with Crippen LogP contribution in [0.2, 0.25) is 5.02 Å². The molecule has 3 aromatic rings. The second-order valence-electron chi connectivity index (χ2n) is 7.21. The Kier molecular flexibility index (Phi) is 7.37. The number of aromatic amines is 1. The molecule has 0 unspecified atom stereocenters. The average Bonchev–Trinajstić information content (AvgIpc) is 2.78. The molecule has 0 fully saturated rings. The number of carbonyl (C=O) groups excluding carboxylic acids is 1. The van der Waals surface area contributed by atoms with Crippen LogP contribution in [0, 0.1) is 0 Å². The number of hydrogen-bond acceptors (Lipinski definition) is 5. The zero-order chi connectivity index (χ0) is 23.3. The summed E-state index contributed by atoms with van der Waals surface area (Å²) in [5.74, 6) is 0.0191. The lowest BCUT2D eigenvalue weighted by Crippen LogP contribution is -2.41. The van der Waals surface area contributed by atoms with Gasteiger partial charge in [-0.1, -0.05) is 43.1 Å². The topological polar surface area (TPSA) is 110 Å². The molecule has 3 N–H and O–H groups in total. The number of para-hydroxylation sites is 1. The fraction of sp³-hybridized carbons (Fsp3) is 0.261. The zero-order valence-electron chi connectivity index (χ0n) is 17.9. The molecule has 3 rings (SSSR count). The van der Waals surface area contributed by atoms with Gasteiger partial charge in [0.15, 0.2) is 5.69 Å². The molecule has 0 aliphatic heterocycles. The first-order valence-corrected chi connectivity index (χ1v) is 10.6. The number of nitrogen functional groups attached to an aromatic ring is 1. The number of ether oxygens (including phenoxy) is 1. The van der Waals surface area contributed by atoms with Gasteiger partial charge >= 0.3 is 5.69 Å². The predicted molar refractivity (Wildman–Crippen MR) is 126 cm³/mol. The number of carbonyl (C=O) groups is 1. The van der Waals surface area contributed by atoms with E-state index in [1.54, 1.807) is 48.5 Å². The molecular formula is C23H25ClN4O4. The van der Waals surface area contributed by atoms with Crippen LogP contribution in [0.3, 0.4) is 0 Å². The molecule has 0 saturated heterocycles. The highest BCUT2D eigenvalue weighted by Crippen LogP contribution is 2.26. The van der Waals surface area contributed by atoms with Crippen molar-refractivity contribution in [2.75, 3.05) is 17.7 Å². The number of benzene rings is 2. The van der Waals surface area contributed by atoms with E-state index in [1.165, 1.54) is 16.6 Å². The van der Waals surface area contributed by atoms with Crippen molar-refractivity contribution < 1.29 is 9.53 Å². The molecule has 1 heterocycles. The van der Waals surface area contributed by atoms with Crippen LogP contribution in [-0.4, -0.2) is 22.6 Å². The number of aromatic nitrogens is 2. The molecule has 1 amide bonds. The van der Waals surface area contributed by atoms with Crippen molar-refractivity contribution in [3.05, 3.63) is 85.5 Å². The van der Waals surface area contributed by atoms with Crippen LogP contribution in [0.5, 0.6) is 5.75 Å². The number of methoxy groups -OCH3 is 1. The van der Waals surface area contributed by atoms with Gasteiger partial charge in [0.05, 0.1) is 13.7 Å². The van der Waals surface area contributed by atoms with Crippen LogP contribution in [-0.2, 0) is 13.1 Å². The summed E-state index contributed by atoms with van der Waals surface area (Å²) in [4.78, 5) is 42.3. The van der Waals surface area contributed by atoms with Gasteiger partial charge in [0.1, 0.15) is 11.6 Å². The molecule has 1 aromatic heterocycles. The van der Waals surface area contributed by atoms with Crippen LogP contribution in [0.25, 0.3) is 0 Å². The van der Waals surface area contributed by atoms with Gasteiger partial charge in [-0.3, -0.25) is 24.0 Å². The van der Waals surface area contributed by atoms with Crippen LogP contribution < -0.4 is 26.6 Å². The van der Waals surface area contributed by atoms with Gasteiger partial charge in [0.2, 0.25) is 0 Å². The number of hydrogen-bond donors (Lipinski definition) is 2. The third-order valence-corrected chi connectivity index (χ3v) is 5.33. The van der Waals surface area contributed by atoms with E-state index in [0.29, 0.717) is 34.9 Å². The number of unbranched alkanes of at least 4 members (excludes halogenated alkanes) is 1. The fourth-order valence-electron chi connectivity index (χ4n) is 3.38. The lowest BCUT2D eigenvalue weighted by molar-refractivity contribution is 0.0984. The number of amides is 1. The van der Waals surface area contributed by atoms with Gasteiger partial charge < -0.3 is 10.5 Å². The Morgan fingerprint density at radius 1 is 1.16 bits per heavy atom. The standard InChI is InChI=1S/C23H25ClN4O4/c1-3-4-13-27-20(25)19(21(29)26-23(27)31)28(14-16-7-5-6-8-18(16)32-2)22(30)15-9-11-17(24)12-10-15/h5-12H,3-4,13-14,25H2,1-2H3,(H,26,29,31). The van der Waals surface area contributed by atoms with E-state index in [-0.39, 0.29) is 18.1 Å². The summed E-state index contributed by atoms with van der Waals surface area (Å²) in [6.45, 7) is 2.30. The smallest absolute Gasteiger partial charge is 0.330 e. The first kappa shape index (κ1) is 23.1. The maximum atomic E-state index is 13.5. The van der Waals surface area contributed by atoms with E-state index >= 15 is 0 Å². The number of H-pyrrole nitrogens is 1. The second kappa shape index (κ2) is 10.2. The molecule has 0 aliphatic rings. The largest absolute Gasteiger partial charge is 0.496 e. The molecule has 0 atom stereocenters. The van der Waals surface area contributed by atoms with Gasteiger partial charge in [0.25, 0.3) is 11.5 Å². The lowest BCUT2D eigenvalue weighted by atomic mass is 10.1. The minimum absolute atomic E-state index is 0.00470. The molecule has 0 aliphatic carbocycles. The Bertz CT molecular complexity index is 1220. The van der Waals surface area contributed by atoms with E-state index in [4.69, 9.17) is 22.1 Å². The van der Waals surface area contributed by atoms with E-state index < -0.39 is 17.2 Å². The lowest BCUT2D eigenvalue weighted by Gasteiger charge is -2.25. The summed E-state index contributed by atoms with van der Waals surface area (Å²) >= 11 is 5.96. The zero-order valence-corrected chi connectivity index (χ0v) is 18.7. The Balaban J connectivity index is 2.18. The maximum absolute atomic E-state index is 13.5. The number of halogens is 1. The number of nitrogens with zero attached hydrogens (tertiary/aromatic N) is 2. The summed E-state index contributed by atoms with van der Waals surface area (Å²) < 4.78 is 6.69. The van der Waals surface area contributed by atoms with E-state index in [2.05, 4.69) is 4.98 Å². The monoisotopic (exact) mass is 456 g/mol. The minimum atomic E-state index is -0.738. The van der Waals surface area contributed by atoms with Gasteiger partial charge in [-0.2, -0.15) is 0 Å². The van der Waals surface area contributed by atoms with Crippen molar-refractivity contribution in [3.8, 4) is 5.75 Å². The number of rotatable bonds is 8. The van der Waals surface area contributed by atoms with Crippen LogP contribution in [0.15, 0.2) is 58.1 Å². The van der Waals surface area contributed by atoms with Crippen LogP contribution in [0.1, 0.15) is 35.7 Å². The highest BCUT2D eigenvalue weighted by atomic mass is 35.5. The third-order valence-electron chi connectivity index (χ3n) is 5.08. The molecular weight excluding hydrogens is 432 g/mol. The van der Waals surface area contributed by atoms with Crippen molar-refractivity contribution in [1.82, 2.24) is 9.55 Å². The number of nitrogens with one attached hydrogen (secondary N) is 1. The van der Waals surface area contributed by atoms with E-state index in [1.807, 2.05) is 6.92 Å². The number of nitrogens with two attached hydrogens (primary N) is 1. The molecule has 2 aromatic carbocycles. The summed E-state index contributed by atoms with van der Waals surface area (Å²) in [5.41, 5.74) is 5.83. The van der Waals surface area contributed by atoms with Crippen molar-refractivity contribution in [2.24, 2.45) is 0 Å². The summed E-state index contributed by atoms with van der Waals surface area (Å²) in [5, 5.41) is 0.475. The summed E-state index contributed by atoms with van der Waals surface area (Å²) in [7, 11) is 1.52. The van der Waals surface area contributed by atoms with Crippen molar-refractivity contribution in [3.63, 3.8) is 0 Å². The highest BCUT2D eigenvalue weighted by Gasteiger charge is 2.26. The molecule has 32 heavy (non-hydrogen) atoms. The molecule has 0 spiro atoms. The van der Waals surface area contributed by atoms with Crippen LogP contribution in [0.4, 0.5) is 11.5 Å². The Morgan fingerprint density at radius 2 is 1.84 bits per heavy atom. The van der Waals surface area contributed by atoms with Crippen molar-refractivity contribution in [2.45, 2.75) is 32.9 Å². The SMILES string of the molecule is CCCCn1c(N)c(N(Cc2ccccc2OC)C(=O)c2ccc(Cl)cc2)c(=O)[nH]c1=O. The van der Waals surface area contributed by atoms with Gasteiger partial charge in [-0.05, 0) is 36.8 Å². The van der Waals surface area contributed by atoms with Crippen molar-refractivity contribution >= 4 is 29.0 Å². The normalized spacial score (nSPS) is 10.7. The van der Waals surface area contributed by atoms with Gasteiger partial charge in [-0.25, -0.2) is 4.79 Å². The maximum Gasteiger partial charge on any atom is 0.330 e. The molecule has 168 valence electrons. The van der Waals surface area contributed by atoms with Crippen LogP contribution >= 0.6 is 11.6 Å². The minimum Gasteiger partial charge on any atom is -0.496 e. The van der Waals surface area contributed by atoms with Gasteiger partial charge in [0, 0.05) is 22.7 Å². The van der Waals surface area contributed by atoms with E-state index in [0.717, 1.165) is 6.42 Å². The quantitative estimate of drug-likeness (QED) is 0.539. The summed E-state index contributed by atoms with van der Waals surface area (Å²) in [6, 6.07) is 13.5. The predicted octanol–water partition coefficient (Wildman–Crippen LogP) is 3.43. The Hall–Kier alpha value is -3.52. The fourth-order valence-corrected chi connectivity index (χ4v) is 3.51. The van der Waals surface area contributed by atoms with E-state index in [9.17, 15) is 14.4 Å². The highest BCUT2D eigenvalue weighted by molar-refractivity contribution is 6.30. The van der Waals surface area contributed by atoms with Gasteiger partial charge in [-0.15, -0.1) is 0 Å². The molecule has 0 bridgehead atoms. The molecule has 0 saturated carbocycles. The summed E-state index contributed by atoms with van der Waals surface area (Å²) in [6.07, 6.45) is 1.52. The molecule has 0 radical (unpaired) electrons. The first-order chi connectivity index (χ1) is 15.4. The number of anilines is 2. The van der Waals surface area contributed by atoms with Crippen molar-refractivity contribution in [1.29, 1.82) is 0 Å². The average molecular weight is 457 g/mol. The Morgan fingerprint density at radius 3 is 2.50 bits per heavy atom. The second-order valence-corrected chi connectivity index (χ2v) is 7.64.